The molecule has 4 rings (SSSR count). The predicted octanol–water partition coefficient (Wildman–Crippen LogP) is 6.74. The number of aromatic nitrogens is 1. The summed E-state index contributed by atoms with van der Waals surface area (Å²) < 4.78 is 0. The van der Waals surface area contributed by atoms with Crippen LogP contribution < -0.4 is 5.73 Å². The number of hydrogen-bond acceptors (Lipinski definition) is 4. The average molecular weight is 434 g/mol. The van der Waals surface area contributed by atoms with E-state index in [9.17, 15) is 4.79 Å². The minimum atomic E-state index is -0.245. The van der Waals surface area contributed by atoms with Crippen molar-refractivity contribution in [3.8, 4) is 11.3 Å². The molecule has 0 saturated heterocycles. The van der Waals surface area contributed by atoms with Crippen molar-refractivity contribution in [1.82, 2.24) is 4.98 Å². The van der Waals surface area contributed by atoms with Gasteiger partial charge in [0, 0.05) is 26.6 Å². The fraction of sp³-hybridized carbons (Fsp3) is 0. The summed E-state index contributed by atoms with van der Waals surface area (Å²) in [7, 11) is 0. The van der Waals surface area contributed by atoms with E-state index >= 15 is 0 Å². The highest BCUT2D eigenvalue weighted by Crippen LogP contribution is 2.36. The van der Waals surface area contributed by atoms with Crippen LogP contribution in [0.1, 0.15) is 15.2 Å². The summed E-state index contributed by atoms with van der Waals surface area (Å²) in [5, 5.41) is 2.16. The molecule has 0 aliphatic carbocycles. The highest BCUT2D eigenvalue weighted by atomic mass is 35.5. The van der Waals surface area contributed by atoms with Crippen LogP contribution in [0, 0.1) is 0 Å². The molecule has 4 aromatic rings. The Hall–Kier alpha value is -2.11. The number of rotatable bonds is 3. The Morgan fingerprint density at radius 1 is 0.926 bits per heavy atom. The molecule has 0 fully saturated rings. The number of nitrogens with two attached hydrogens (primary N) is 1. The van der Waals surface area contributed by atoms with Crippen molar-refractivity contribution in [2.45, 2.75) is 0 Å². The Morgan fingerprint density at radius 3 is 2.33 bits per heavy atom. The number of carbonyl (C=O) groups excluding carboxylic acids is 1. The zero-order valence-corrected chi connectivity index (χ0v) is 16.8. The fourth-order valence-electron chi connectivity index (χ4n) is 2.74. The van der Waals surface area contributed by atoms with E-state index in [1.807, 2.05) is 36.4 Å². The first-order chi connectivity index (χ1) is 12.9. The Morgan fingerprint density at radius 2 is 1.63 bits per heavy atom. The third-order valence-corrected chi connectivity index (χ3v) is 6.03. The smallest absolute Gasteiger partial charge is 0.206 e. The molecular weight excluding hydrogens is 423 g/mol. The maximum Gasteiger partial charge on any atom is 0.206 e. The molecule has 3 nitrogen and oxygen atoms in total. The van der Waals surface area contributed by atoms with E-state index in [2.05, 4.69) is 4.98 Å². The quantitative estimate of drug-likeness (QED) is 0.364. The Kier molecular flexibility index (Phi) is 4.82. The van der Waals surface area contributed by atoms with Gasteiger partial charge in [0.05, 0.1) is 16.4 Å². The number of ketones is 1. The number of thiophene rings is 1. The third kappa shape index (κ3) is 3.42. The monoisotopic (exact) mass is 432 g/mol. The Bertz CT molecular complexity index is 1190. The number of benzene rings is 2. The summed E-state index contributed by atoms with van der Waals surface area (Å²) in [6.07, 6.45) is 0. The molecule has 0 spiro atoms. The zero-order valence-electron chi connectivity index (χ0n) is 13.7. The van der Waals surface area contributed by atoms with Crippen LogP contribution in [0.2, 0.25) is 15.1 Å². The lowest BCUT2D eigenvalue weighted by molar-refractivity contribution is 0.104. The first kappa shape index (κ1) is 18.3. The van der Waals surface area contributed by atoms with Crippen molar-refractivity contribution in [1.29, 1.82) is 0 Å². The minimum absolute atomic E-state index is 0.245. The van der Waals surface area contributed by atoms with E-state index < -0.39 is 0 Å². The number of hydrogen-bond donors (Lipinski definition) is 1. The number of anilines is 1. The fourth-order valence-corrected chi connectivity index (χ4v) is 4.41. The number of halogens is 3. The second kappa shape index (κ2) is 7.13. The van der Waals surface area contributed by atoms with Gasteiger partial charge in [-0.3, -0.25) is 4.79 Å². The molecular formula is C20H11Cl3N2OS. The highest BCUT2D eigenvalue weighted by Gasteiger charge is 2.21. The number of pyridine rings is 1. The van der Waals surface area contributed by atoms with Crippen molar-refractivity contribution in [2.75, 3.05) is 5.73 Å². The summed E-state index contributed by atoms with van der Waals surface area (Å²) in [5.74, 6) is -0.245. The molecule has 2 heterocycles. The third-order valence-electron chi connectivity index (χ3n) is 4.12. The first-order valence-electron chi connectivity index (χ1n) is 7.89. The Labute approximate surface area is 174 Å². The van der Waals surface area contributed by atoms with Crippen molar-refractivity contribution in [3.63, 3.8) is 0 Å². The lowest BCUT2D eigenvalue weighted by Gasteiger charge is -2.03. The molecule has 0 radical (unpaired) electrons. The standard InChI is InChI=1S/C20H11Cl3N2OS/c21-11-3-1-10(2-4-11)16-8-7-14-17(24)19(27-20(14)25-16)18(26)13-6-5-12(22)9-15(13)23/h1-9H,24H2. The van der Waals surface area contributed by atoms with Gasteiger partial charge >= 0.3 is 0 Å². The highest BCUT2D eigenvalue weighted by molar-refractivity contribution is 7.21. The van der Waals surface area contributed by atoms with Gasteiger partial charge in [0.25, 0.3) is 0 Å². The summed E-state index contributed by atoms with van der Waals surface area (Å²) in [6.45, 7) is 0. The van der Waals surface area contributed by atoms with Gasteiger partial charge in [-0.25, -0.2) is 4.98 Å². The summed E-state index contributed by atoms with van der Waals surface area (Å²) >= 11 is 19.3. The SMILES string of the molecule is Nc1c(C(=O)c2ccc(Cl)cc2Cl)sc2nc(-c3ccc(Cl)cc3)ccc12. The topological polar surface area (TPSA) is 56.0 Å². The number of nitrogens with zero attached hydrogens (tertiary/aromatic N) is 1. The molecule has 0 unspecified atom stereocenters. The van der Waals surface area contributed by atoms with Crippen LogP contribution in [0.5, 0.6) is 0 Å². The van der Waals surface area contributed by atoms with E-state index in [4.69, 9.17) is 40.5 Å². The molecule has 2 N–H and O–H groups in total. The van der Waals surface area contributed by atoms with Crippen LogP contribution in [0.4, 0.5) is 5.69 Å². The molecule has 0 amide bonds. The van der Waals surface area contributed by atoms with Gasteiger partial charge in [0.1, 0.15) is 9.71 Å². The van der Waals surface area contributed by atoms with Gasteiger partial charge in [-0.2, -0.15) is 0 Å². The zero-order chi connectivity index (χ0) is 19.1. The van der Waals surface area contributed by atoms with Gasteiger partial charge in [-0.05, 0) is 42.5 Å². The summed E-state index contributed by atoms with van der Waals surface area (Å²) in [5.41, 5.74) is 8.70. The summed E-state index contributed by atoms with van der Waals surface area (Å²) in [6, 6.07) is 15.9. The second-order valence-electron chi connectivity index (χ2n) is 5.85. The van der Waals surface area contributed by atoms with Crippen LogP contribution in [-0.4, -0.2) is 10.8 Å². The summed E-state index contributed by atoms with van der Waals surface area (Å²) in [4.78, 5) is 18.7. The number of nitrogen functional groups attached to an aromatic ring is 1. The Balaban J connectivity index is 1.79. The van der Waals surface area contributed by atoms with Crippen LogP contribution in [0.3, 0.4) is 0 Å². The first-order valence-corrected chi connectivity index (χ1v) is 9.84. The normalized spacial score (nSPS) is 11.1. The van der Waals surface area contributed by atoms with Gasteiger partial charge in [0.2, 0.25) is 5.78 Å². The molecule has 134 valence electrons. The lowest BCUT2D eigenvalue weighted by atomic mass is 10.1. The van der Waals surface area contributed by atoms with Crippen LogP contribution in [0.15, 0.2) is 54.6 Å². The van der Waals surface area contributed by atoms with Crippen molar-refractivity contribution in [2.24, 2.45) is 0 Å². The van der Waals surface area contributed by atoms with E-state index in [1.165, 1.54) is 17.4 Å². The molecule has 0 bridgehead atoms. The molecule has 2 aromatic heterocycles. The molecule has 0 aliphatic rings. The van der Waals surface area contributed by atoms with Crippen molar-refractivity contribution < 1.29 is 4.79 Å². The minimum Gasteiger partial charge on any atom is -0.397 e. The van der Waals surface area contributed by atoms with Crippen molar-refractivity contribution >= 4 is 67.8 Å². The predicted molar refractivity (Wildman–Crippen MR) is 114 cm³/mol. The maximum absolute atomic E-state index is 12.9. The van der Waals surface area contributed by atoms with E-state index in [0.717, 1.165) is 16.6 Å². The number of fused-ring (bicyclic) bond motifs is 1. The molecule has 2 aromatic carbocycles. The van der Waals surface area contributed by atoms with E-state index in [-0.39, 0.29) is 5.78 Å². The largest absolute Gasteiger partial charge is 0.397 e. The van der Waals surface area contributed by atoms with Crippen LogP contribution >= 0.6 is 46.1 Å². The molecule has 0 aliphatic heterocycles. The molecule has 0 saturated carbocycles. The maximum atomic E-state index is 12.9. The van der Waals surface area contributed by atoms with Gasteiger partial charge in [-0.1, -0.05) is 46.9 Å². The number of carbonyl (C=O) groups is 1. The van der Waals surface area contributed by atoms with E-state index in [1.54, 1.807) is 12.1 Å². The molecule has 7 heteroatoms. The average Bonchev–Trinajstić information content (AvgIpc) is 2.98. The molecule has 0 atom stereocenters. The van der Waals surface area contributed by atoms with Gasteiger partial charge in [-0.15, -0.1) is 11.3 Å². The van der Waals surface area contributed by atoms with Crippen LogP contribution in [0.25, 0.3) is 21.5 Å². The van der Waals surface area contributed by atoms with Crippen molar-refractivity contribution in [3.05, 3.63) is 80.1 Å². The van der Waals surface area contributed by atoms with E-state index in [0.29, 0.717) is 36.0 Å². The van der Waals surface area contributed by atoms with Crippen LogP contribution in [-0.2, 0) is 0 Å². The van der Waals surface area contributed by atoms with Gasteiger partial charge in [0.15, 0.2) is 0 Å². The molecule has 27 heavy (non-hydrogen) atoms. The van der Waals surface area contributed by atoms with Gasteiger partial charge < -0.3 is 5.73 Å². The second-order valence-corrected chi connectivity index (χ2v) is 8.13. The lowest BCUT2D eigenvalue weighted by Crippen LogP contribution is -2.02.